The third kappa shape index (κ3) is 2.46. The van der Waals surface area contributed by atoms with Crippen LogP contribution in [0.3, 0.4) is 0 Å². The van der Waals surface area contributed by atoms with Gasteiger partial charge in [-0.05, 0) is 12.1 Å². The monoisotopic (exact) mass is 307 g/mol. The van der Waals surface area contributed by atoms with Crippen LogP contribution in [0.5, 0.6) is 0 Å². The maximum Gasteiger partial charge on any atom is 0.418 e. The molecule has 1 aliphatic heterocycles. The SMILES string of the molecule is O=C1CC(Br)CN1c1ccccc1C(F)(F)F. The lowest BCUT2D eigenvalue weighted by Gasteiger charge is -2.21. The van der Waals surface area contributed by atoms with E-state index < -0.39 is 11.7 Å². The molecule has 2 nitrogen and oxygen atoms in total. The van der Waals surface area contributed by atoms with Gasteiger partial charge in [-0.3, -0.25) is 4.79 Å². The predicted octanol–water partition coefficient (Wildman–Crippen LogP) is 3.21. The number of anilines is 1. The quantitative estimate of drug-likeness (QED) is 0.730. The zero-order chi connectivity index (χ0) is 12.6. The molecule has 1 heterocycles. The maximum absolute atomic E-state index is 12.8. The van der Waals surface area contributed by atoms with Crippen LogP contribution in [0.15, 0.2) is 24.3 Å². The second-order valence-electron chi connectivity index (χ2n) is 3.82. The highest BCUT2D eigenvalue weighted by Crippen LogP contribution is 2.38. The number of benzene rings is 1. The lowest BCUT2D eigenvalue weighted by Crippen LogP contribution is -2.27. The minimum Gasteiger partial charge on any atom is -0.311 e. The van der Waals surface area contributed by atoms with Crippen molar-refractivity contribution in [2.45, 2.75) is 17.4 Å². The van der Waals surface area contributed by atoms with Gasteiger partial charge in [-0.2, -0.15) is 13.2 Å². The van der Waals surface area contributed by atoms with Gasteiger partial charge >= 0.3 is 6.18 Å². The van der Waals surface area contributed by atoms with Gasteiger partial charge in [0.1, 0.15) is 0 Å². The number of carbonyl (C=O) groups excluding carboxylic acids is 1. The lowest BCUT2D eigenvalue weighted by atomic mass is 10.1. The molecule has 0 saturated carbocycles. The summed E-state index contributed by atoms with van der Waals surface area (Å²) in [6.45, 7) is 0.270. The first-order valence-electron chi connectivity index (χ1n) is 5.00. The molecule has 0 bridgehead atoms. The summed E-state index contributed by atoms with van der Waals surface area (Å²) in [5.74, 6) is -0.288. The average Bonchev–Trinajstić information content (AvgIpc) is 2.56. The Morgan fingerprint density at radius 2 is 1.94 bits per heavy atom. The Morgan fingerprint density at radius 1 is 1.29 bits per heavy atom. The second kappa shape index (κ2) is 4.33. The van der Waals surface area contributed by atoms with E-state index >= 15 is 0 Å². The molecule has 1 atom stereocenters. The molecular formula is C11H9BrF3NO. The molecule has 0 spiro atoms. The van der Waals surface area contributed by atoms with E-state index in [9.17, 15) is 18.0 Å². The largest absolute Gasteiger partial charge is 0.418 e. The van der Waals surface area contributed by atoms with Gasteiger partial charge in [0.25, 0.3) is 0 Å². The lowest BCUT2D eigenvalue weighted by molar-refractivity contribution is -0.137. The molecule has 2 rings (SSSR count). The van der Waals surface area contributed by atoms with Crippen molar-refractivity contribution in [3.8, 4) is 0 Å². The number of hydrogen-bond donors (Lipinski definition) is 0. The van der Waals surface area contributed by atoms with Crippen molar-refractivity contribution >= 4 is 27.5 Å². The van der Waals surface area contributed by atoms with Crippen LogP contribution < -0.4 is 4.90 Å². The van der Waals surface area contributed by atoms with Crippen molar-refractivity contribution in [1.29, 1.82) is 0 Å². The summed E-state index contributed by atoms with van der Waals surface area (Å²) in [5, 5.41) is 0. The van der Waals surface area contributed by atoms with Crippen molar-refractivity contribution in [1.82, 2.24) is 0 Å². The first kappa shape index (κ1) is 12.4. The number of hydrogen-bond acceptors (Lipinski definition) is 1. The summed E-state index contributed by atoms with van der Waals surface area (Å²) in [4.78, 5) is 12.7. The van der Waals surface area contributed by atoms with E-state index in [2.05, 4.69) is 15.9 Å². The molecule has 1 aliphatic rings. The van der Waals surface area contributed by atoms with Gasteiger partial charge in [-0.25, -0.2) is 0 Å². The van der Waals surface area contributed by atoms with Crippen molar-refractivity contribution in [3.63, 3.8) is 0 Å². The van der Waals surface area contributed by atoms with Crippen LogP contribution in [-0.2, 0) is 11.0 Å². The number of halogens is 4. The van der Waals surface area contributed by atoms with Crippen LogP contribution in [0.25, 0.3) is 0 Å². The van der Waals surface area contributed by atoms with Gasteiger partial charge in [0.15, 0.2) is 0 Å². The zero-order valence-electron chi connectivity index (χ0n) is 8.67. The van der Waals surface area contributed by atoms with Gasteiger partial charge in [0.2, 0.25) is 5.91 Å². The first-order chi connectivity index (χ1) is 7.89. The highest BCUT2D eigenvalue weighted by atomic mass is 79.9. The molecule has 1 saturated heterocycles. The van der Waals surface area contributed by atoms with Crippen molar-refractivity contribution in [3.05, 3.63) is 29.8 Å². The van der Waals surface area contributed by atoms with Gasteiger partial charge < -0.3 is 4.90 Å². The number of para-hydroxylation sites is 1. The van der Waals surface area contributed by atoms with Crippen LogP contribution in [0.1, 0.15) is 12.0 Å². The van der Waals surface area contributed by atoms with Crippen molar-refractivity contribution in [2.24, 2.45) is 0 Å². The predicted molar refractivity (Wildman–Crippen MR) is 61.1 cm³/mol. The first-order valence-corrected chi connectivity index (χ1v) is 5.92. The number of amides is 1. The van der Waals surface area contributed by atoms with Gasteiger partial charge in [0, 0.05) is 17.8 Å². The molecule has 1 aromatic carbocycles. The van der Waals surface area contributed by atoms with Crippen molar-refractivity contribution < 1.29 is 18.0 Å². The minimum atomic E-state index is -4.44. The third-order valence-electron chi connectivity index (χ3n) is 2.58. The molecule has 1 fully saturated rings. The molecule has 1 unspecified atom stereocenters. The Balaban J connectivity index is 2.42. The summed E-state index contributed by atoms with van der Waals surface area (Å²) in [6, 6.07) is 5.13. The highest BCUT2D eigenvalue weighted by Gasteiger charge is 2.38. The van der Waals surface area contributed by atoms with E-state index in [0.29, 0.717) is 0 Å². The summed E-state index contributed by atoms with van der Waals surface area (Å²) >= 11 is 3.25. The molecule has 6 heteroatoms. The Labute approximate surface area is 105 Å². The average molecular weight is 308 g/mol. The molecule has 1 amide bonds. The van der Waals surface area contributed by atoms with Crippen LogP contribution in [0.2, 0.25) is 0 Å². The molecule has 0 radical (unpaired) electrons. The summed E-state index contributed by atoms with van der Waals surface area (Å²) in [7, 11) is 0. The molecule has 0 N–H and O–H groups in total. The van der Waals surface area contributed by atoms with Crippen molar-refractivity contribution in [2.75, 3.05) is 11.4 Å². The fourth-order valence-corrected chi connectivity index (χ4v) is 2.41. The topological polar surface area (TPSA) is 20.3 Å². The van der Waals surface area contributed by atoms with E-state index in [4.69, 9.17) is 0 Å². The van der Waals surface area contributed by atoms with Crippen LogP contribution in [0, 0.1) is 0 Å². The van der Waals surface area contributed by atoms with E-state index in [0.717, 1.165) is 6.07 Å². The molecule has 1 aromatic rings. The standard InChI is InChI=1S/C11H9BrF3NO/c12-7-5-10(17)16(6-7)9-4-2-1-3-8(9)11(13,14)15/h1-4,7H,5-6H2. The Bertz CT molecular complexity index is 447. The van der Waals surface area contributed by atoms with Gasteiger partial charge in [-0.15, -0.1) is 0 Å². The van der Waals surface area contributed by atoms with Gasteiger partial charge in [0.05, 0.1) is 11.3 Å². The summed E-state index contributed by atoms with van der Waals surface area (Å²) < 4.78 is 38.3. The smallest absolute Gasteiger partial charge is 0.311 e. The highest BCUT2D eigenvalue weighted by molar-refractivity contribution is 9.09. The molecule has 0 aromatic heterocycles. The van der Waals surface area contributed by atoms with Crippen LogP contribution in [-0.4, -0.2) is 17.3 Å². The van der Waals surface area contributed by atoms with E-state index in [1.165, 1.54) is 23.1 Å². The normalized spacial score (nSPS) is 21.1. The number of nitrogens with zero attached hydrogens (tertiary/aromatic N) is 1. The zero-order valence-corrected chi connectivity index (χ0v) is 10.3. The molecule has 17 heavy (non-hydrogen) atoms. The summed E-state index contributed by atoms with van der Waals surface area (Å²) in [6.07, 6.45) is -4.21. The van der Waals surface area contributed by atoms with E-state index in [1.807, 2.05) is 0 Å². The van der Waals surface area contributed by atoms with Crippen LogP contribution >= 0.6 is 15.9 Å². The fourth-order valence-electron chi connectivity index (χ4n) is 1.85. The molecule has 0 aliphatic carbocycles. The third-order valence-corrected chi connectivity index (χ3v) is 3.19. The Kier molecular flexibility index (Phi) is 3.16. The Morgan fingerprint density at radius 3 is 2.47 bits per heavy atom. The van der Waals surface area contributed by atoms with E-state index in [-0.39, 0.29) is 29.4 Å². The van der Waals surface area contributed by atoms with Crippen LogP contribution in [0.4, 0.5) is 18.9 Å². The molecule has 92 valence electrons. The Hall–Kier alpha value is -1.04. The number of carbonyl (C=O) groups is 1. The van der Waals surface area contributed by atoms with Gasteiger partial charge in [-0.1, -0.05) is 28.1 Å². The number of alkyl halides is 4. The van der Waals surface area contributed by atoms with E-state index in [1.54, 1.807) is 0 Å². The molecular weight excluding hydrogens is 299 g/mol. The number of rotatable bonds is 1. The second-order valence-corrected chi connectivity index (χ2v) is 5.12. The summed E-state index contributed by atoms with van der Waals surface area (Å²) in [5.41, 5.74) is -0.832. The fraction of sp³-hybridized carbons (Fsp3) is 0.364. The minimum absolute atomic E-state index is 0.0630. The maximum atomic E-state index is 12.8.